The van der Waals surface area contributed by atoms with Gasteiger partial charge in [0.25, 0.3) is 5.91 Å². The van der Waals surface area contributed by atoms with Gasteiger partial charge in [-0.15, -0.1) is 0 Å². The van der Waals surface area contributed by atoms with Gasteiger partial charge in [-0.2, -0.15) is 0 Å². The Balaban J connectivity index is 1.74. The number of aromatic nitrogens is 1. The van der Waals surface area contributed by atoms with Crippen LogP contribution in [0.3, 0.4) is 0 Å². The highest BCUT2D eigenvalue weighted by atomic mass is 16.5. The molecule has 0 fully saturated rings. The first-order valence-corrected chi connectivity index (χ1v) is 7.15. The van der Waals surface area contributed by atoms with E-state index in [9.17, 15) is 9.59 Å². The van der Waals surface area contributed by atoms with Gasteiger partial charge in [-0.05, 0) is 36.2 Å². The van der Waals surface area contributed by atoms with Crippen molar-refractivity contribution in [2.75, 3.05) is 13.2 Å². The number of pyridine rings is 1. The lowest BCUT2D eigenvalue weighted by molar-refractivity contribution is 0.0503. The van der Waals surface area contributed by atoms with Gasteiger partial charge in [-0.3, -0.25) is 9.78 Å². The lowest BCUT2D eigenvalue weighted by atomic mass is 10.1. The number of hydrogen-bond donors (Lipinski definition) is 1. The van der Waals surface area contributed by atoms with Crippen LogP contribution in [0.2, 0.25) is 0 Å². The number of nitrogens with zero attached hydrogens (tertiary/aromatic N) is 1. The molecule has 0 saturated heterocycles. The smallest absolute Gasteiger partial charge is 0.338 e. The zero-order valence-electron chi connectivity index (χ0n) is 12.4. The molecule has 2 aromatic rings. The maximum Gasteiger partial charge on any atom is 0.338 e. The molecule has 5 heteroatoms. The number of aryl methyl sites for hydroxylation is 1. The van der Waals surface area contributed by atoms with Gasteiger partial charge >= 0.3 is 5.97 Å². The Morgan fingerprint density at radius 2 is 1.73 bits per heavy atom. The first-order valence-electron chi connectivity index (χ1n) is 7.15. The molecule has 0 aliphatic rings. The highest BCUT2D eigenvalue weighted by molar-refractivity contribution is 5.94. The number of carbonyl (C=O) groups excluding carboxylic acids is 2. The number of ether oxygens (including phenoxy) is 1. The van der Waals surface area contributed by atoms with Crippen molar-refractivity contribution in [3.8, 4) is 0 Å². The Kier molecular flexibility index (Phi) is 5.65. The van der Waals surface area contributed by atoms with Crippen molar-refractivity contribution in [1.29, 1.82) is 0 Å². The Morgan fingerprint density at radius 1 is 1.05 bits per heavy atom. The first kappa shape index (κ1) is 15.7. The Morgan fingerprint density at radius 3 is 2.36 bits per heavy atom. The molecule has 1 N–H and O–H groups in total. The van der Waals surface area contributed by atoms with Crippen LogP contribution in [0.1, 0.15) is 33.2 Å². The predicted molar refractivity (Wildman–Crippen MR) is 82.7 cm³/mol. The molecule has 0 saturated carbocycles. The summed E-state index contributed by atoms with van der Waals surface area (Å²) in [4.78, 5) is 27.4. The number of carbonyl (C=O) groups is 2. The van der Waals surface area contributed by atoms with E-state index in [1.807, 2.05) is 12.1 Å². The number of esters is 1. The van der Waals surface area contributed by atoms with E-state index in [2.05, 4.69) is 17.2 Å². The third-order valence-corrected chi connectivity index (χ3v) is 3.16. The van der Waals surface area contributed by atoms with E-state index in [1.54, 1.807) is 36.7 Å². The molecular weight excluding hydrogens is 280 g/mol. The quantitative estimate of drug-likeness (QED) is 0.656. The lowest BCUT2D eigenvalue weighted by Gasteiger charge is -2.07. The normalized spacial score (nSPS) is 10.0. The number of hydrogen-bond acceptors (Lipinski definition) is 4. The van der Waals surface area contributed by atoms with Gasteiger partial charge in [0.2, 0.25) is 0 Å². The lowest BCUT2D eigenvalue weighted by Crippen LogP contribution is -2.28. The average molecular weight is 298 g/mol. The van der Waals surface area contributed by atoms with Crippen molar-refractivity contribution >= 4 is 11.9 Å². The van der Waals surface area contributed by atoms with Crippen molar-refractivity contribution < 1.29 is 14.3 Å². The van der Waals surface area contributed by atoms with E-state index in [1.165, 1.54) is 5.56 Å². The van der Waals surface area contributed by atoms with Crippen LogP contribution >= 0.6 is 0 Å². The summed E-state index contributed by atoms with van der Waals surface area (Å²) < 4.78 is 5.12. The van der Waals surface area contributed by atoms with Crippen LogP contribution in [0.15, 0.2) is 48.8 Å². The van der Waals surface area contributed by atoms with Gasteiger partial charge in [0.15, 0.2) is 0 Å². The van der Waals surface area contributed by atoms with Crippen molar-refractivity contribution in [3.63, 3.8) is 0 Å². The zero-order valence-corrected chi connectivity index (χ0v) is 12.4. The summed E-state index contributed by atoms with van der Waals surface area (Å²) >= 11 is 0. The topological polar surface area (TPSA) is 68.3 Å². The molecule has 1 aromatic carbocycles. The van der Waals surface area contributed by atoms with Crippen LogP contribution < -0.4 is 5.32 Å². The molecule has 0 atom stereocenters. The molecule has 0 aliphatic heterocycles. The van der Waals surface area contributed by atoms with Crippen LogP contribution in [0.4, 0.5) is 0 Å². The van der Waals surface area contributed by atoms with E-state index in [4.69, 9.17) is 4.74 Å². The van der Waals surface area contributed by atoms with Gasteiger partial charge in [0.05, 0.1) is 12.1 Å². The molecular formula is C17H18N2O3. The summed E-state index contributed by atoms with van der Waals surface area (Å²) in [5.74, 6) is -0.605. The second-order valence-corrected chi connectivity index (χ2v) is 4.68. The third kappa shape index (κ3) is 4.41. The minimum atomic E-state index is -0.388. The van der Waals surface area contributed by atoms with E-state index >= 15 is 0 Å². The number of amides is 1. The van der Waals surface area contributed by atoms with Crippen molar-refractivity contribution in [3.05, 3.63) is 65.5 Å². The summed E-state index contributed by atoms with van der Waals surface area (Å²) in [5, 5.41) is 2.68. The molecule has 1 aromatic heterocycles. The molecule has 1 amide bonds. The van der Waals surface area contributed by atoms with Gasteiger partial charge in [-0.25, -0.2) is 4.79 Å². The highest BCUT2D eigenvalue weighted by Gasteiger charge is 2.08. The number of nitrogens with one attached hydrogen (secondary N) is 1. The molecule has 0 unspecified atom stereocenters. The van der Waals surface area contributed by atoms with Gasteiger partial charge in [-0.1, -0.05) is 19.1 Å². The van der Waals surface area contributed by atoms with Crippen LogP contribution in [0, 0.1) is 0 Å². The molecule has 0 aliphatic carbocycles. The van der Waals surface area contributed by atoms with Crippen molar-refractivity contribution in [1.82, 2.24) is 10.3 Å². The maximum atomic E-state index is 11.8. The largest absolute Gasteiger partial charge is 0.460 e. The number of benzene rings is 1. The molecule has 2 rings (SSSR count). The second kappa shape index (κ2) is 7.93. The molecule has 0 spiro atoms. The minimum absolute atomic E-state index is 0.130. The van der Waals surface area contributed by atoms with Crippen LogP contribution in [0.5, 0.6) is 0 Å². The highest BCUT2D eigenvalue weighted by Crippen LogP contribution is 2.06. The van der Waals surface area contributed by atoms with Crippen molar-refractivity contribution in [2.45, 2.75) is 13.3 Å². The summed E-state index contributed by atoms with van der Waals surface area (Å²) in [6.45, 7) is 2.45. The SMILES string of the molecule is CCc1ccc(C(=O)OCCNC(=O)c2ccncc2)cc1. The maximum absolute atomic E-state index is 11.8. The first-order chi connectivity index (χ1) is 10.7. The van der Waals surface area contributed by atoms with Crippen LogP contribution in [0.25, 0.3) is 0 Å². The number of rotatable bonds is 6. The molecule has 1 heterocycles. The molecule has 0 bridgehead atoms. The predicted octanol–water partition coefficient (Wildman–Crippen LogP) is 2.23. The van der Waals surface area contributed by atoms with Crippen LogP contribution in [-0.4, -0.2) is 30.0 Å². The van der Waals surface area contributed by atoms with Crippen LogP contribution in [-0.2, 0) is 11.2 Å². The Labute approximate surface area is 129 Å². The van der Waals surface area contributed by atoms with E-state index in [0.717, 1.165) is 6.42 Å². The standard InChI is InChI=1S/C17H18N2O3/c1-2-13-3-5-15(6-4-13)17(21)22-12-11-19-16(20)14-7-9-18-10-8-14/h3-10H,2,11-12H2,1H3,(H,19,20). The molecule has 0 radical (unpaired) electrons. The molecule has 22 heavy (non-hydrogen) atoms. The zero-order chi connectivity index (χ0) is 15.8. The fourth-order valence-corrected chi connectivity index (χ4v) is 1.87. The Hall–Kier alpha value is -2.69. The Bertz CT molecular complexity index is 624. The molecule has 5 nitrogen and oxygen atoms in total. The summed E-state index contributed by atoms with van der Waals surface area (Å²) in [6.07, 6.45) is 4.03. The van der Waals surface area contributed by atoms with E-state index in [-0.39, 0.29) is 25.0 Å². The third-order valence-electron chi connectivity index (χ3n) is 3.16. The van der Waals surface area contributed by atoms with Gasteiger partial charge < -0.3 is 10.1 Å². The summed E-state index contributed by atoms with van der Waals surface area (Å²) in [7, 11) is 0. The monoisotopic (exact) mass is 298 g/mol. The second-order valence-electron chi connectivity index (χ2n) is 4.68. The van der Waals surface area contributed by atoms with Crippen molar-refractivity contribution in [2.24, 2.45) is 0 Å². The summed E-state index contributed by atoms with van der Waals surface area (Å²) in [6, 6.07) is 10.5. The van der Waals surface area contributed by atoms with Gasteiger partial charge in [0.1, 0.15) is 6.61 Å². The summed E-state index contributed by atoms with van der Waals surface area (Å²) in [5.41, 5.74) is 2.20. The average Bonchev–Trinajstić information content (AvgIpc) is 2.59. The fourth-order valence-electron chi connectivity index (χ4n) is 1.87. The fraction of sp³-hybridized carbons (Fsp3) is 0.235. The molecule has 114 valence electrons. The van der Waals surface area contributed by atoms with E-state index < -0.39 is 0 Å². The van der Waals surface area contributed by atoms with Gasteiger partial charge in [0, 0.05) is 18.0 Å². The van der Waals surface area contributed by atoms with E-state index in [0.29, 0.717) is 11.1 Å². The minimum Gasteiger partial charge on any atom is -0.460 e.